The second kappa shape index (κ2) is 19.4. The molecule has 2 heterocycles. The molecule has 2 unspecified atom stereocenters. The number of pyridine rings is 1. The van der Waals surface area contributed by atoms with Crippen LogP contribution in [0.5, 0.6) is 0 Å². The lowest BCUT2D eigenvalue weighted by Crippen LogP contribution is -2.44. The van der Waals surface area contributed by atoms with Crippen molar-refractivity contribution in [1.29, 1.82) is 0 Å². The van der Waals surface area contributed by atoms with Crippen LogP contribution in [0.2, 0.25) is 0 Å². The zero-order valence-electron chi connectivity index (χ0n) is 33.5. The average Bonchev–Trinajstić information content (AvgIpc) is 3.73. The number of nitrogens with zero attached hydrogens (tertiary/aromatic N) is 2. The van der Waals surface area contributed by atoms with Gasteiger partial charge in [0.15, 0.2) is 11.6 Å². The highest BCUT2D eigenvalue weighted by molar-refractivity contribution is 7.91. The molecule has 0 aliphatic heterocycles. The molecule has 5 rings (SSSR count). The van der Waals surface area contributed by atoms with E-state index < -0.39 is 67.9 Å². The Morgan fingerprint density at radius 1 is 0.965 bits per heavy atom. The number of nitrogens with two attached hydrogens (primary N) is 3. The molecule has 308 valence electrons. The summed E-state index contributed by atoms with van der Waals surface area (Å²) < 4.78 is 30.3. The van der Waals surface area contributed by atoms with Crippen LogP contribution in [0.3, 0.4) is 0 Å². The minimum atomic E-state index is -4.68. The van der Waals surface area contributed by atoms with E-state index in [1.54, 1.807) is 18.2 Å². The zero-order chi connectivity index (χ0) is 41.4. The molecule has 0 spiro atoms. The summed E-state index contributed by atoms with van der Waals surface area (Å²) in [5.41, 5.74) is 19.1. The predicted octanol–water partition coefficient (Wildman–Crippen LogP) is 5.04. The van der Waals surface area contributed by atoms with Crippen LogP contribution in [0, 0.1) is 23.7 Å². The number of fused-ring (bicyclic) bond motifs is 1. The number of nitrogens with one attached hydrogen (secondary N) is 2. The van der Waals surface area contributed by atoms with E-state index in [1.807, 2.05) is 39.8 Å². The summed E-state index contributed by atoms with van der Waals surface area (Å²) in [6, 6.07) is 9.09. The van der Waals surface area contributed by atoms with Crippen molar-refractivity contribution in [3.05, 3.63) is 83.7 Å². The van der Waals surface area contributed by atoms with Crippen molar-refractivity contribution >= 4 is 38.1 Å². The van der Waals surface area contributed by atoms with Crippen LogP contribution in [0.4, 0.5) is 0 Å². The highest BCUT2D eigenvalue weighted by atomic mass is 32.2. The van der Waals surface area contributed by atoms with Crippen LogP contribution in [-0.4, -0.2) is 70.2 Å². The number of carbonyl (C=O) groups excluding carboxylic acids is 3. The Bertz CT molecular complexity index is 2120. The first-order valence-corrected chi connectivity index (χ1v) is 21.7. The monoisotopic (exact) mass is 801 g/mol. The lowest BCUT2D eigenvalue weighted by Gasteiger charge is -2.30. The van der Waals surface area contributed by atoms with E-state index in [0.717, 1.165) is 37.3 Å². The van der Waals surface area contributed by atoms with Crippen molar-refractivity contribution in [3.8, 4) is 0 Å². The number of Topliss-reactive ketones (excluding diaryl/α,β-unsaturated/α-hetero) is 2. The number of aromatic nitrogens is 3. The minimum Gasteiger partial charge on any atom is -0.391 e. The van der Waals surface area contributed by atoms with Gasteiger partial charge in [-0.1, -0.05) is 96.6 Å². The maximum atomic E-state index is 15.2. The normalized spacial score (nSPS) is 17.1. The topological polar surface area (TPSA) is 237 Å². The highest BCUT2D eigenvalue weighted by Gasteiger charge is 2.39. The van der Waals surface area contributed by atoms with Gasteiger partial charge in [-0.15, -0.1) is 0 Å². The second-order valence-electron chi connectivity index (χ2n) is 16.1. The summed E-state index contributed by atoms with van der Waals surface area (Å²) in [4.78, 5) is 53.6. The third kappa shape index (κ3) is 10.4. The molecule has 6 atom stereocenters. The number of sulfone groups is 1. The molecular weight excluding hydrogens is 743 g/mol. The van der Waals surface area contributed by atoms with E-state index in [9.17, 15) is 19.5 Å². The van der Waals surface area contributed by atoms with Gasteiger partial charge < -0.3 is 32.6 Å². The van der Waals surface area contributed by atoms with Crippen LogP contribution >= 0.6 is 0 Å². The van der Waals surface area contributed by atoms with Crippen LogP contribution < -0.4 is 22.5 Å². The van der Waals surface area contributed by atoms with Crippen LogP contribution in [-0.2, 0) is 27.6 Å². The van der Waals surface area contributed by atoms with Gasteiger partial charge in [0.1, 0.15) is 0 Å². The number of amides is 1. The highest BCUT2D eigenvalue weighted by Crippen LogP contribution is 2.36. The molecule has 0 saturated heterocycles. The van der Waals surface area contributed by atoms with Gasteiger partial charge in [0, 0.05) is 36.5 Å². The van der Waals surface area contributed by atoms with Gasteiger partial charge in [0.05, 0.1) is 57.7 Å². The van der Waals surface area contributed by atoms with E-state index >= 15 is 8.42 Å². The number of carbonyl (C=O) groups is 3. The largest absolute Gasteiger partial charge is 0.391 e. The average molecular weight is 802 g/mol. The summed E-state index contributed by atoms with van der Waals surface area (Å²) in [6.45, 7) is 7.03. The number of aliphatic hydroxyl groups is 1. The molecule has 13 nitrogen and oxygen atoms in total. The number of aliphatic hydroxyl groups excluding tert-OH is 1. The standard InChI is InChI=1S/C43H59N7O6S/c1-5-26(4)39(46)43(54)49-23-36-38(41(53)35(45)19-30-21-47-24-50-30)42(57(55,56)31-16-15-28-13-9-10-14-29(28)18-31)33(22-48-36)40(52)32(25(2)3)20-37(51)34(44)17-27-11-7-6-8-12-27/h9-10,13-16,18,21-22,24-27,32,34-35,37,39,51H,5-8,11-12,17,19-20,23,44-46H2,1-4H3,(H,47,50)(H,49,54)/t26-,32?,34-,35-,37?,39-/m0/s1. The van der Waals surface area contributed by atoms with E-state index in [-0.39, 0.29) is 47.4 Å². The SMILES string of the molecule is CC[C@H](C)[C@H](N)C(=O)NCc1ncc(C(=O)C(CC(O)[C@@H](N)CC2CCCCC2)C(C)C)c(S(=O)(=O)c2ccc3ccccc3c2)c1C(=O)[C@@H](N)Cc1cnc[nH]1. The van der Waals surface area contributed by atoms with Gasteiger partial charge in [-0.3, -0.25) is 19.4 Å². The van der Waals surface area contributed by atoms with Gasteiger partial charge in [0.25, 0.3) is 0 Å². The molecule has 1 fully saturated rings. The molecule has 14 heteroatoms. The number of hydrogen-bond acceptors (Lipinski definition) is 11. The fourth-order valence-corrected chi connectivity index (χ4v) is 9.52. The van der Waals surface area contributed by atoms with Gasteiger partial charge in [0.2, 0.25) is 15.7 Å². The fraction of sp³-hybridized carbons (Fsp3) is 0.512. The fourth-order valence-electron chi connectivity index (χ4n) is 7.82. The van der Waals surface area contributed by atoms with Gasteiger partial charge in [-0.25, -0.2) is 13.4 Å². The summed E-state index contributed by atoms with van der Waals surface area (Å²) in [7, 11) is -4.68. The van der Waals surface area contributed by atoms with Gasteiger partial charge in [-0.05, 0) is 53.5 Å². The quantitative estimate of drug-likeness (QED) is 0.0687. The predicted molar refractivity (Wildman–Crippen MR) is 220 cm³/mol. The Kier molecular flexibility index (Phi) is 14.9. The number of imidazole rings is 1. The Hall–Kier alpha value is -4.34. The summed E-state index contributed by atoms with van der Waals surface area (Å²) in [5, 5.41) is 15.6. The molecule has 2 aromatic heterocycles. The van der Waals surface area contributed by atoms with Crippen molar-refractivity contribution in [2.24, 2.45) is 40.9 Å². The molecule has 1 aliphatic rings. The summed E-state index contributed by atoms with van der Waals surface area (Å²) in [6.07, 6.45) is 9.80. The maximum Gasteiger partial charge on any atom is 0.237 e. The molecule has 0 bridgehead atoms. The van der Waals surface area contributed by atoms with Crippen molar-refractivity contribution in [2.75, 3.05) is 0 Å². The van der Waals surface area contributed by atoms with Crippen molar-refractivity contribution in [3.63, 3.8) is 0 Å². The van der Waals surface area contributed by atoms with Gasteiger partial charge in [-0.2, -0.15) is 0 Å². The first-order valence-electron chi connectivity index (χ1n) is 20.2. The first-order chi connectivity index (χ1) is 27.1. The third-order valence-corrected chi connectivity index (χ3v) is 13.5. The van der Waals surface area contributed by atoms with Crippen LogP contribution in [0.15, 0.2) is 71.0 Å². The molecule has 2 aromatic carbocycles. The molecule has 9 N–H and O–H groups in total. The Morgan fingerprint density at radius 2 is 1.67 bits per heavy atom. The number of ketones is 2. The molecule has 1 aliphatic carbocycles. The third-order valence-electron chi connectivity index (χ3n) is 11.7. The molecule has 4 aromatic rings. The second-order valence-corrected chi connectivity index (χ2v) is 18.0. The molecule has 0 radical (unpaired) electrons. The van der Waals surface area contributed by atoms with E-state index in [4.69, 9.17) is 17.2 Å². The van der Waals surface area contributed by atoms with Crippen molar-refractivity contribution in [2.45, 2.75) is 126 Å². The van der Waals surface area contributed by atoms with Crippen LogP contribution in [0.25, 0.3) is 10.8 Å². The van der Waals surface area contributed by atoms with Gasteiger partial charge >= 0.3 is 0 Å². The lowest BCUT2D eigenvalue weighted by molar-refractivity contribution is -0.123. The van der Waals surface area contributed by atoms with Crippen molar-refractivity contribution in [1.82, 2.24) is 20.3 Å². The maximum absolute atomic E-state index is 15.2. The Labute approximate surface area is 335 Å². The van der Waals surface area contributed by atoms with Crippen LogP contribution in [0.1, 0.15) is 111 Å². The molecular formula is C43H59N7O6S. The number of H-pyrrole nitrogens is 1. The van der Waals surface area contributed by atoms with E-state index in [1.165, 1.54) is 31.1 Å². The smallest absolute Gasteiger partial charge is 0.237 e. The zero-order valence-corrected chi connectivity index (χ0v) is 34.3. The number of rotatable bonds is 19. The number of hydrogen-bond donors (Lipinski definition) is 6. The molecule has 1 saturated carbocycles. The molecule has 57 heavy (non-hydrogen) atoms. The summed E-state index contributed by atoms with van der Waals surface area (Å²) >= 11 is 0. The molecule has 1 amide bonds. The Morgan fingerprint density at radius 3 is 2.32 bits per heavy atom. The number of benzene rings is 2. The number of aromatic amines is 1. The first kappa shape index (κ1) is 43.8. The van der Waals surface area contributed by atoms with E-state index in [0.29, 0.717) is 29.8 Å². The van der Waals surface area contributed by atoms with Crippen molar-refractivity contribution < 1.29 is 27.9 Å². The van der Waals surface area contributed by atoms with E-state index in [2.05, 4.69) is 20.3 Å². The summed E-state index contributed by atoms with van der Waals surface area (Å²) in [5.74, 6) is -2.91. The Balaban J connectivity index is 1.66. The minimum absolute atomic E-state index is 0.0201. The lowest BCUT2D eigenvalue weighted by atomic mass is 9.79.